The maximum Gasteiger partial charge on any atom is 0.338 e. The summed E-state index contributed by atoms with van der Waals surface area (Å²) < 4.78 is 28.3. The second kappa shape index (κ2) is 9.13. The molecule has 0 saturated heterocycles. The molecule has 2 aromatic carbocycles. The van der Waals surface area contributed by atoms with Crippen LogP contribution in [0.5, 0.6) is 0 Å². The Balaban J connectivity index is 2.10. The third-order valence-corrected chi connectivity index (χ3v) is 5.16. The third-order valence-electron chi connectivity index (χ3n) is 5.16. The minimum atomic E-state index is -0.843. The van der Waals surface area contributed by atoms with Crippen LogP contribution in [0.2, 0.25) is 0 Å². The second-order valence-corrected chi connectivity index (χ2v) is 7.07. The molecule has 0 aromatic heterocycles. The zero-order valence-electron chi connectivity index (χ0n) is 16.4. The Kier molecular flexibility index (Phi) is 6.59. The van der Waals surface area contributed by atoms with Gasteiger partial charge in [0.15, 0.2) is 0 Å². The Bertz CT molecular complexity index is 889. The summed E-state index contributed by atoms with van der Waals surface area (Å²) in [6.45, 7) is 2.26. The van der Waals surface area contributed by atoms with E-state index >= 15 is 0 Å². The maximum absolute atomic E-state index is 14.5. The fourth-order valence-electron chi connectivity index (χ4n) is 3.78. The number of aliphatic hydroxyl groups is 1. The number of carbonyl (C=O) groups is 1. The zero-order chi connectivity index (χ0) is 20.9. The molecule has 2 amide bonds. The monoisotopic (exact) mass is 401 g/mol. The molecule has 0 fully saturated rings. The van der Waals surface area contributed by atoms with Crippen molar-refractivity contribution in [1.29, 1.82) is 0 Å². The number of rotatable bonds is 7. The first-order chi connectivity index (χ1) is 14.0. The highest BCUT2D eigenvalue weighted by Crippen LogP contribution is 2.43. The minimum Gasteiger partial charge on any atom is -0.396 e. The van der Waals surface area contributed by atoms with Gasteiger partial charge in [0.2, 0.25) is 0 Å². The summed E-state index contributed by atoms with van der Waals surface area (Å²) >= 11 is 0. The number of halogens is 2. The van der Waals surface area contributed by atoms with Crippen molar-refractivity contribution < 1.29 is 18.7 Å². The minimum absolute atomic E-state index is 0.0399. The quantitative estimate of drug-likeness (QED) is 0.684. The average molecular weight is 401 g/mol. The molecule has 0 radical (unpaired) electrons. The number of nitrogens with one attached hydrogen (secondary N) is 1. The molecule has 29 heavy (non-hydrogen) atoms. The lowest BCUT2D eigenvalue weighted by Gasteiger charge is -2.37. The van der Waals surface area contributed by atoms with Crippen molar-refractivity contribution in [3.05, 3.63) is 71.3 Å². The summed E-state index contributed by atoms with van der Waals surface area (Å²) in [5.41, 5.74) is 0.393. The van der Waals surface area contributed by atoms with Crippen LogP contribution >= 0.6 is 0 Å². The Labute approximate surface area is 169 Å². The van der Waals surface area contributed by atoms with Gasteiger partial charge in [-0.15, -0.1) is 0 Å². The van der Waals surface area contributed by atoms with Crippen LogP contribution in [0.15, 0.2) is 53.6 Å². The normalized spacial score (nSPS) is 18.6. The van der Waals surface area contributed by atoms with E-state index in [1.54, 1.807) is 6.92 Å². The first kappa shape index (κ1) is 20.9. The summed E-state index contributed by atoms with van der Waals surface area (Å²) in [4.78, 5) is 12.9. The average Bonchev–Trinajstić information content (AvgIpc) is 3.12. The molecule has 5 nitrogen and oxygen atoms in total. The van der Waals surface area contributed by atoms with Gasteiger partial charge in [-0.2, -0.15) is 5.10 Å². The summed E-state index contributed by atoms with van der Waals surface area (Å²) in [5, 5.41) is 17.8. The number of amides is 2. The number of hydrogen-bond donors (Lipinski definition) is 2. The predicted molar refractivity (Wildman–Crippen MR) is 107 cm³/mol. The van der Waals surface area contributed by atoms with Crippen LogP contribution in [0.3, 0.4) is 0 Å². The van der Waals surface area contributed by atoms with E-state index < -0.39 is 23.2 Å². The van der Waals surface area contributed by atoms with Gasteiger partial charge in [0.05, 0.1) is 11.3 Å². The van der Waals surface area contributed by atoms with Crippen LogP contribution in [-0.2, 0) is 5.54 Å². The van der Waals surface area contributed by atoms with E-state index in [0.717, 1.165) is 23.8 Å². The Morgan fingerprint density at radius 3 is 2.66 bits per heavy atom. The molecule has 1 unspecified atom stereocenters. The molecule has 0 aliphatic carbocycles. The molecule has 7 heteroatoms. The van der Waals surface area contributed by atoms with Gasteiger partial charge < -0.3 is 10.4 Å². The molecule has 3 rings (SSSR count). The Hall–Kier alpha value is -2.80. The van der Waals surface area contributed by atoms with Gasteiger partial charge in [0.25, 0.3) is 0 Å². The molecule has 154 valence electrons. The Morgan fingerprint density at radius 1 is 1.21 bits per heavy atom. The maximum atomic E-state index is 14.5. The highest BCUT2D eigenvalue weighted by Gasteiger charge is 2.47. The molecule has 2 N–H and O–H groups in total. The number of carbonyl (C=O) groups excluding carboxylic acids is 1. The summed E-state index contributed by atoms with van der Waals surface area (Å²) in [6, 6.07) is 12.3. The van der Waals surface area contributed by atoms with Crippen LogP contribution in [0.25, 0.3) is 0 Å². The first-order valence-corrected chi connectivity index (χ1v) is 9.79. The topological polar surface area (TPSA) is 64.9 Å². The molecule has 2 aromatic rings. The van der Waals surface area contributed by atoms with Gasteiger partial charge in [0, 0.05) is 25.1 Å². The van der Waals surface area contributed by atoms with Crippen molar-refractivity contribution in [1.82, 2.24) is 10.3 Å². The van der Waals surface area contributed by atoms with E-state index in [-0.39, 0.29) is 18.6 Å². The largest absolute Gasteiger partial charge is 0.396 e. The van der Waals surface area contributed by atoms with Crippen LogP contribution < -0.4 is 5.32 Å². The number of unbranched alkanes of at least 4 members (excludes halogenated alkanes) is 1. The summed E-state index contributed by atoms with van der Waals surface area (Å²) in [6.07, 6.45) is 2.00. The van der Waals surface area contributed by atoms with E-state index in [0.29, 0.717) is 31.5 Å². The van der Waals surface area contributed by atoms with Crippen LogP contribution in [0.4, 0.5) is 13.6 Å². The molecular weight excluding hydrogens is 376 g/mol. The molecule has 0 saturated carbocycles. The fraction of sp³-hybridized carbons (Fsp3) is 0.364. The van der Waals surface area contributed by atoms with Crippen molar-refractivity contribution in [2.45, 2.75) is 38.1 Å². The molecule has 0 spiro atoms. The van der Waals surface area contributed by atoms with E-state index in [1.807, 2.05) is 30.3 Å². The predicted octanol–water partition coefficient (Wildman–Crippen LogP) is 4.16. The van der Waals surface area contributed by atoms with Gasteiger partial charge in [-0.05, 0) is 49.9 Å². The van der Waals surface area contributed by atoms with Crippen molar-refractivity contribution in [3.8, 4) is 0 Å². The molecule has 1 aliphatic rings. The number of hydrogen-bond acceptors (Lipinski definition) is 3. The van der Waals surface area contributed by atoms with Crippen molar-refractivity contribution in [2.24, 2.45) is 5.10 Å². The fourth-order valence-corrected chi connectivity index (χ4v) is 3.78. The number of benzene rings is 2. The van der Waals surface area contributed by atoms with Crippen LogP contribution in [0.1, 0.15) is 43.7 Å². The van der Waals surface area contributed by atoms with E-state index in [9.17, 15) is 18.7 Å². The number of urea groups is 1. The summed E-state index contributed by atoms with van der Waals surface area (Å²) in [5.74, 6) is -1.15. The highest BCUT2D eigenvalue weighted by molar-refractivity contribution is 6.04. The van der Waals surface area contributed by atoms with Gasteiger partial charge in [-0.3, -0.25) is 0 Å². The lowest BCUT2D eigenvalue weighted by Crippen LogP contribution is -2.48. The van der Waals surface area contributed by atoms with Gasteiger partial charge in [0.1, 0.15) is 11.6 Å². The van der Waals surface area contributed by atoms with Crippen molar-refractivity contribution in [3.63, 3.8) is 0 Å². The van der Waals surface area contributed by atoms with E-state index in [4.69, 9.17) is 0 Å². The first-order valence-electron chi connectivity index (χ1n) is 9.79. The SMILES string of the molecule is CCNC(=O)N1N=C(c2cc(F)ccc2F)CC1(CCCCO)c1ccccc1. The lowest BCUT2D eigenvalue weighted by atomic mass is 9.80. The number of aliphatic hydroxyl groups excluding tert-OH is 1. The molecule has 1 atom stereocenters. The van der Waals surface area contributed by atoms with Gasteiger partial charge in [-0.1, -0.05) is 30.3 Å². The molecule has 0 bridgehead atoms. The Morgan fingerprint density at radius 2 is 1.97 bits per heavy atom. The highest BCUT2D eigenvalue weighted by atomic mass is 19.1. The van der Waals surface area contributed by atoms with Crippen LogP contribution in [0, 0.1) is 11.6 Å². The third kappa shape index (κ3) is 4.29. The molecule has 1 aliphatic heterocycles. The van der Waals surface area contributed by atoms with Gasteiger partial charge >= 0.3 is 6.03 Å². The van der Waals surface area contributed by atoms with E-state index in [2.05, 4.69) is 10.4 Å². The van der Waals surface area contributed by atoms with E-state index in [1.165, 1.54) is 5.01 Å². The zero-order valence-corrected chi connectivity index (χ0v) is 16.4. The summed E-state index contributed by atoms with van der Waals surface area (Å²) in [7, 11) is 0. The smallest absolute Gasteiger partial charge is 0.338 e. The molecular formula is C22H25F2N3O2. The van der Waals surface area contributed by atoms with Crippen molar-refractivity contribution >= 4 is 11.7 Å². The van der Waals surface area contributed by atoms with Gasteiger partial charge in [-0.25, -0.2) is 18.6 Å². The van der Waals surface area contributed by atoms with Crippen LogP contribution in [-0.4, -0.2) is 35.0 Å². The number of hydrazone groups is 1. The molecule has 1 heterocycles. The standard InChI is InChI=1S/C22H25F2N3O2/c1-2-25-21(29)27-22(12-6-7-13-28,16-8-4-3-5-9-16)15-20(26-27)18-14-17(23)10-11-19(18)24/h3-5,8-11,14,28H,2,6-7,12-13,15H2,1H3,(H,25,29). The lowest BCUT2D eigenvalue weighted by molar-refractivity contribution is 0.120. The second-order valence-electron chi connectivity index (χ2n) is 7.07. The van der Waals surface area contributed by atoms with Crippen molar-refractivity contribution in [2.75, 3.05) is 13.2 Å². The number of nitrogens with zero attached hydrogens (tertiary/aromatic N) is 2.